The third-order valence-corrected chi connectivity index (χ3v) is 15.6. The van der Waals surface area contributed by atoms with Crippen molar-refractivity contribution < 1.29 is 110 Å². The predicted molar refractivity (Wildman–Crippen MR) is 289 cm³/mol. The van der Waals surface area contributed by atoms with Crippen molar-refractivity contribution in [3.8, 4) is 0 Å². The number of rotatable bonds is 6. The van der Waals surface area contributed by atoms with Crippen LogP contribution in [0.15, 0.2) is 85.1 Å². The van der Waals surface area contributed by atoms with Crippen molar-refractivity contribution in [3.63, 3.8) is 0 Å². The molecule has 15 N–H and O–H groups in total. The van der Waals surface area contributed by atoms with E-state index in [4.69, 9.17) is 28.4 Å². The number of nitrogens with one attached hydrogen (secondary N) is 1. The smallest absolute Gasteiger partial charge is 0.308 e. The standard InChI is InChI=1S/C57H90N2O22/c1-33-17-15-13-11-9-7-5-6-8-10-12-14-16-18-40(80-55-52(71)48(50(69)36(4)79-55)58-32-57(75)53(72)51(70)44(66)31-77-57)28-45-47(54(73)59-21-23-76-24-22-59)43(65)30-56(74,81-45)29-39(62)26-42(64)41(63)20-19-37(60)25-38(61)27-46(67)78-35(3)34(2)49(33)68/h5-18,33-45,47-53,55,58,60-66,68-72,74-75H,19-32H2,1-4H3/b6-5+,9-7+,10-8+,13-11+,14-12+,17-15+,18-16+/t33-,34-,35-,36+,37+,38+,39-,40-,41+,42+,43-,44+,45?,47?,48-,49+,50+,51-,52-,53-,55?,56+,57+/m0/s1. The Hall–Kier alpha value is -3.68. The first-order chi connectivity index (χ1) is 38.3. The Labute approximate surface area is 473 Å². The van der Waals surface area contributed by atoms with Crippen molar-refractivity contribution in [2.75, 3.05) is 39.5 Å². The molecule has 5 heterocycles. The molecular weight excluding hydrogens is 1060 g/mol. The first-order valence-electron chi connectivity index (χ1n) is 28.0. The molecule has 2 bridgehead atoms. The molecule has 0 saturated carbocycles. The number of aliphatic hydroxyl groups is 14. The number of morpholine rings is 1. The van der Waals surface area contributed by atoms with Crippen LogP contribution in [-0.2, 0) is 38.0 Å². The van der Waals surface area contributed by atoms with Crippen LogP contribution in [0.4, 0.5) is 0 Å². The molecule has 24 nitrogen and oxygen atoms in total. The second kappa shape index (κ2) is 32.6. The Morgan fingerprint density at radius 2 is 1.26 bits per heavy atom. The van der Waals surface area contributed by atoms with E-state index in [-0.39, 0.29) is 57.9 Å². The van der Waals surface area contributed by atoms with Crippen LogP contribution in [0.5, 0.6) is 0 Å². The van der Waals surface area contributed by atoms with Gasteiger partial charge in [0.15, 0.2) is 12.1 Å². The Balaban J connectivity index is 1.42. The van der Waals surface area contributed by atoms with Gasteiger partial charge in [0.2, 0.25) is 11.7 Å². The number of hydrogen-bond donors (Lipinski definition) is 15. The summed E-state index contributed by atoms with van der Waals surface area (Å²) in [6.45, 7) is 6.27. The minimum Gasteiger partial charge on any atom is -0.462 e. The summed E-state index contributed by atoms with van der Waals surface area (Å²) in [6, 6.07) is -1.34. The van der Waals surface area contributed by atoms with E-state index in [1.165, 1.54) is 17.9 Å². The number of nitrogens with zero attached hydrogens (tertiary/aromatic N) is 1. The van der Waals surface area contributed by atoms with E-state index in [9.17, 15) is 81.1 Å². The highest BCUT2D eigenvalue weighted by atomic mass is 16.7. The van der Waals surface area contributed by atoms with Gasteiger partial charge in [0.25, 0.3) is 0 Å². The molecule has 0 radical (unpaired) electrons. The van der Waals surface area contributed by atoms with Gasteiger partial charge in [-0.15, -0.1) is 0 Å². The number of esters is 1. The first-order valence-corrected chi connectivity index (χ1v) is 28.0. The molecular formula is C57H90N2O22. The minimum atomic E-state index is -2.46. The number of amides is 1. The third kappa shape index (κ3) is 20.5. The second-order valence-corrected chi connectivity index (χ2v) is 22.2. The van der Waals surface area contributed by atoms with Crippen molar-refractivity contribution in [1.29, 1.82) is 0 Å². The minimum absolute atomic E-state index is 0.129. The van der Waals surface area contributed by atoms with Gasteiger partial charge >= 0.3 is 5.97 Å². The van der Waals surface area contributed by atoms with Crippen LogP contribution < -0.4 is 5.32 Å². The summed E-state index contributed by atoms with van der Waals surface area (Å²) in [5.41, 5.74) is 0. The van der Waals surface area contributed by atoms with E-state index in [0.29, 0.717) is 0 Å². The van der Waals surface area contributed by atoms with Gasteiger partial charge in [0, 0.05) is 50.6 Å². The lowest BCUT2D eigenvalue weighted by Gasteiger charge is -2.47. The highest BCUT2D eigenvalue weighted by Gasteiger charge is 2.53. The molecule has 81 heavy (non-hydrogen) atoms. The zero-order valence-electron chi connectivity index (χ0n) is 46.6. The number of fused-ring (bicyclic) bond motifs is 2. The van der Waals surface area contributed by atoms with Crippen molar-refractivity contribution in [1.82, 2.24) is 10.2 Å². The van der Waals surface area contributed by atoms with E-state index >= 15 is 0 Å². The number of carbonyl (C=O) groups excluding carboxylic acids is 2. The van der Waals surface area contributed by atoms with E-state index in [2.05, 4.69) is 5.32 Å². The molecule has 24 heteroatoms. The maximum absolute atomic E-state index is 14.4. The molecule has 0 aromatic carbocycles. The van der Waals surface area contributed by atoms with Crippen LogP contribution in [-0.4, -0.2) is 249 Å². The lowest BCUT2D eigenvalue weighted by atomic mass is 9.81. The summed E-state index contributed by atoms with van der Waals surface area (Å²) in [6.07, 6.45) is -2.91. The van der Waals surface area contributed by atoms with Crippen LogP contribution in [0.1, 0.15) is 79.1 Å². The number of aliphatic hydroxyl groups excluding tert-OH is 12. The Morgan fingerprint density at radius 3 is 1.89 bits per heavy atom. The van der Waals surface area contributed by atoms with Crippen LogP contribution in [0.3, 0.4) is 0 Å². The van der Waals surface area contributed by atoms with E-state index in [1.54, 1.807) is 86.8 Å². The molecule has 3 unspecified atom stereocenters. The van der Waals surface area contributed by atoms with Gasteiger partial charge in [0.1, 0.15) is 30.5 Å². The SMILES string of the molecule is C[C@@H]1[C@H](O)[C@@H](C)/C=C/C=C/C=C/C=C/C=C/C=C/C=C/[C@H](OC2O[C@H](C)[C@@H](O)[C@H](NC[C@@]3(O)OC[C@@H](O)[C@H](O)[C@@H]3O)[C@@H]2O)CC2O[C@](O)(C[C@@H](O)C[C@@H](O)[C@H](O)CC[C@@H](O)C[C@@H](O)CC(=O)O[C@H]1C)C[C@H](O)C2C(=O)N1CCOCC1. The molecule has 0 aliphatic carbocycles. The van der Waals surface area contributed by atoms with Gasteiger partial charge in [-0.05, 0) is 33.1 Å². The van der Waals surface area contributed by atoms with Gasteiger partial charge in [-0.25, -0.2) is 0 Å². The molecule has 1 amide bonds. The molecule has 5 rings (SSSR count). The highest BCUT2D eigenvalue weighted by molar-refractivity contribution is 5.80. The van der Waals surface area contributed by atoms with Crippen molar-refractivity contribution in [3.05, 3.63) is 85.1 Å². The monoisotopic (exact) mass is 1150 g/mol. The molecule has 0 aromatic rings. The summed E-state index contributed by atoms with van der Waals surface area (Å²) in [7, 11) is 0. The maximum atomic E-state index is 14.4. The Morgan fingerprint density at radius 1 is 0.654 bits per heavy atom. The fourth-order valence-corrected chi connectivity index (χ4v) is 10.5. The lowest BCUT2D eigenvalue weighted by Crippen LogP contribution is -2.69. The van der Waals surface area contributed by atoms with E-state index < -0.39 is 184 Å². The van der Waals surface area contributed by atoms with Crippen molar-refractivity contribution in [2.24, 2.45) is 17.8 Å². The van der Waals surface area contributed by atoms with Crippen LogP contribution in [0, 0.1) is 17.8 Å². The van der Waals surface area contributed by atoms with Crippen molar-refractivity contribution >= 4 is 11.9 Å². The van der Waals surface area contributed by atoms with Gasteiger partial charge in [0.05, 0.1) is 112 Å². The number of ether oxygens (including phenoxy) is 6. The lowest BCUT2D eigenvalue weighted by molar-refractivity contribution is -0.323. The number of hydrogen-bond acceptors (Lipinski definition) is 23. The molecule has 0 aromatic heterocycles. The first kappa shape index (κ1) is 68.1. The fraction of sp³-hybridized carbons (Fsp3) is 0.719. The topological polar surface area (TPSA) is 388 Å². The van der Waals surface area contributed by atoms with Crippen LogP contribution >= 0.6 is 0 Å². The van der Waals surface area contributed by atoms with Crippen LogP contribution in [0.2, 0.25) is 0 Å². The maximum Gasteiger partial charge on any atom is 0.308 e. The summed E-state index contributed by atoms with van der Waals surface area (Å²) in [5.74, 6) is -8.22. The molecule has 0 spiro atoms. The Bertz CT molecular complexity index is 2140. The molecule has 23 atom stereocenters. The fourth-order valence-electron chi connectivity index (χ4n) is 10.5. The normalized spacial score (nSPS) is 45.8. The summed E-state index contributed by atoms with van der Waals surface area (Å²) < 4.78 is 34.9. The molecule has 5 aliphatic heterocycles. The molecule has 4 fully saturated rings. The Kier molecular flexibility index (Phi) is 27.4. The predicted octanol–water partition coefficient (Wildman–Crippen LogP) is -2.08. The molecule has 460 valence electrons. The van der Waals surface area contributed by atoms with Gasteiger partial charge in [-0.3, -0.25) is 9.59 Å². The van der Waals surface area contributed by atoms with Gasteiger partial charge in [-0.2, -0.15) is 0 Å². The quantitative estimate of drug-likeness (QED) is 0.127. The highest BCUT2D eigenvalue weighted by Crippen LogP contribution is 2.39. The summed E-state index contributed by atoms with van der Waals surface area (Å²) >= 11 is 0. The zero-order valence-corrected chi connectivity index (χ0v) is 46.6. The average Bonchev–Trinajstić information content (AvgIpc) is 3.62. The number of carbonyl (C=O) groups is 2. The average molecular weight is 1160 g/mol. The van der Waals surface area contributed by atoms with Crippen molar-refractivity contribution in [2.45, 2.75) is 201 Å². The zero-order chi connectivity index (χ0) is 59.6. The van der Waals surface area contributed by atoms with Crippen LogP contribution in [0.25, 0.3) is 0 Å². The molecule has 5 aliphatic rings. The second-order valence-electron chi connectivity index (χ2n) is 22.2. The van der Waals surface area contributed by atoms with Gasteiger partial charge in [-0.1, -0.05) is 98.9 Å². The van der Waals surface area contributed by atoms with E-state index in [1.807, 2.05) is 13.0 Å². The number of allylic oxidation sites excluding steroid dienone is 12. The largest absolute Gasteiger partial charge is 0.462 e. The van der Waals surface area contributed by atoms with E-state index in [0.717, 1.165) is 0 Å². The molecule has 4 saturated heterocycles. The number of cyclic esters (lactones) is 1. The summed E-state index contributed by atoms with van der Waals surface area (Å²) in [5, 5.41) is 157. The van der Waals surface area contributed by atoms with Gasteiger partial charge < -0.3 is 110 Å². The third-order valence-electron chi connectivity index (χ3n) is 15.6. The summed E-state index contributed by atoms with van der Waals surface area (Å²) in [4.78, 5) is 28.6.